The minimum absolute atomic E-state index is 0. The van der Waals surface area contributed by atoms with Crippen molar-refractivity contribution >= 4 is 22.4 Å². The second-order valence-corrected chi connectivity index (χ2v) is 7.69. The van der Waals surface area contributed by atoms with Crippen LogP contribution in [0.25, 0.3) is 0 Å². The molecule has 10 heteroatoms. The summed E-state index contributed by atoms with van der Waals surface area (Å²) < 4.78 is 79.8. The average Bonchev–Trinajstić information content (AvgIpc) is 3.08. The SMILES string of the molecule is Cl.O=S(=O)(c1c(F)c(F)cc(F)c1F)N1CCC2(CCNC2)C1. The second kappa shape index (κ2) is 6.19. The Hall–Kier alpha value is -0.900. The van der Waals surface area contributed by atoms with Crippen molar-refractivity contribution in [1.82, 2.24) is 9.62 Å². The van der Waals surface area contributed by atoms with Crippen LogP contribution in [0.4, 0.5) is 17.6 Å². The van der Waals surface area contributed by atoms with E-state index >= 15 is 0 Å². The number of hydrogen-bond acceptors (Lipinski definition) is 3. The van der Waals surface area contributed by atoms with Gasteiger partial charge in [-0.25, -0.2) is 26.0 Å². The van der Waals surface area contributed by atoms with Gasteiger partial charge in [-0.2, -0.15) is 4.31 Å². The molecule has 1 unspecified atom stereocenters. The van der Waals surface area contributed by atoms with E-state index in [0.717, 1.165) is 17.3 Å². The molecule has 0 amide bonds. The molecule has 1 aromatic rings. The first kappa shape index (κ1) is 18.4. The second-order valence-electron chi connectivity index (χ2n) is 5.81. The van der Waals surface area contributed by atoms with E-state index in [4.69, 9.17) is 0 Å². The Kier molecular flexibility index (Phi) is 4.97. The van der Waals surface area contributed by atoms with Crippen molar-refractivity contribution < 1.29 is 26.0 Å². The van der Waals surface area contributed by atoms with Gasteiger partial charge >= 0.3 is 0 Å². The van der Waals surface area contributed by atoms with E-state index in [1.807, 2.05) is 0 Å². The average molecular weight is 375 g/mol. The summed E-state index contributed by atoms with van der Waals surface area (Å²) in [5, 5.41) is 3.12. The summed E-state index contributed by atoms with van der Waals surface area (Å²) in [5.74, 6) is -7.23. The summed E-state index contributed by atoms with van der Waals surface area (Å²) in [6, 6.07) is -0.00392. The van der Waals surface area contributed by atoms with Crippen molar-refractivity contribution in [2.75, 3.05) is 26.2 Å². The fourth-order valence-corrected chi connectivity index (χ4v) is 4.83. The van der Waals surface area contributed by atoms with E-state index in [1.54, 1.807) is 0 Å². The van der Waals surface area contributed by atoms with Gasteiger partial charge in [0.25, 0.3) is 0 Å². The number of halogens is 5. The maximum Gasteiger partial charge on any atom is 0.249 e. The smallest absolute Gasteiger partial charge is 0.249 e. The fraction of sp³-hybridized carbons (Fsp3) is 0.538. The minimum atomic E-state index is -4.63. The lowest BCUT2D eigenvalue weighted by Gasteiger charge is -2.23. The van der Waals surface area contributed by atoms with Crippen molar-refractivity contribution in [2.45, 2.75) is 17.7 Å². The number of hydrogen-bond donors (Lipinski definition) is 1. The quantitative estimate of drug-likeness (QED) is 0.636. The van der Waals surface area contributed by atoms with E-state index in [2.05, 4.69) is 5.32 Å². The first-order chi connectivity index (χ1) is 10.3. The lowest BCUT2D eigenvalue weighted by molar-refractivity contribution is 0.335. The van der Waals surface area contributed by atoms with Gasteiger partial charge in [-0.05, 0) is 24.8 Å². The number of nitrogens with one attached hydrogen (secondary N) is 1. The predicted octanol–water partition coefficient (Wildman–Crippen LogP) is 2.04. The van der Waals surface area contributed by atoms with Crippen LogP contribution in [-0.2, 0) is 10.0 Å². The first-order valence-corrected chi connectivity index (χ1v) is 8.25. The molecule has 130 valence electrons. The molecular weight excluding hydrogens is 360 g/mol. The lowest BCUT2D eigenvalue weighted by atomic mass is 9.87. The summed E-state index contributed by atoms with van der Waals surface area (Å²) >= 11 is 0. The van der Waals surface area contributed by atoms with E-state index in [0.29, 0.717) is 13.0 Å². The van der Waals surface area contributed by atoms with Gasteiger partial charge in [0.1, 0.15) is 0 Å². The van der Waals surface area contributed by atoms with Gasteiger partial charge in [-0.1, -0.05) is 0 Å². The van der Waals surface area contributed by atoms with E-state index in [1.165, 1.54) is 0 Å². The Morgan fingerprint density at radius 2 is 1.70 bits per heavy atom. The molecule has 1 N–H and O–H groups in total. The monoisotopic (exact) mass is 374 g/mol. The van der Waals surface area contributed by atoms with Gasteiger partial charge in [0.15, 0.2) is 28.2 Å². The zero-order chi connectivity index (χ0) is 16.1. The number of rotatable bonds is 2. The van der Waals surface area contributed by atoms with Gasteiger partial charge in [-0.15, -0.1) is 12.4 Å². The van der Waals surface area contributed by atoms with Crippen LogP contribution in [-0.4, -0.2) is 38.9 Å². The van der Waals surface area contributed by atoms with Gasteiger partial charge < -0.3 is 5.32 Å². The van der Waals surface area contributed by atoms with Crippen molar-refractivity contribution in [3.63, 3.8) is 0 Å². The molecule has 0 bridgehead atoms. The summed E-state index contributed by atoms with van der Waals surface area (Å²) in [7, 11) is -4.63. The van der Waals surface area contributed by atoms with E-state index < -0.39 is 38.2 Å². The summed E-state index contributed by atoms with van der Waals surface area (Å²) in [5.41, 5.74) is -0.272. The van der Waals surface area contributed by atoms with Crippen LogP contribution < -0.4 is 5.32 Å². The van der Waals surface area contributed by atoms with Crippen LogP contribution in [0.15, 0.2) is 11.0 Å². The Morgan fingerprint density at radius 1 is 1.09 bits per heavy atom. The third-order valence-electron chi connectivity index (χ3n) is 4.40. The van der Waals surface area contributed by atoms with Crippen LogP contribution in [0.2, 0.25) is 0 Å². The minimum Gasteiger partial charge on any atom is -0.316 e. The van der Waals surface area contributed by atoms with Crippen LogP contribution in [0, 0.1) is 28.7 Å². The Bertz CT molecular complexity index is 697. The van der Waals surface area contributed by atoms with Gasteiger partial charge in [0, 0.05) is 25.7 Å². The van der Waals surface area contributed by atoms with E-state index in [9.17, 15) is 26.0 Å². The topological polar surface area (TPSA) is 49.4 Å². The third-order valence-corrected chi connectivity index (χ3v) is 6.27. The highest BCUT2D eigenvalue weighted by atomic mass is 35.5. The van der Waals surface area contributed by atoms with Crippen molar-refractivity contribution in [3.05, 3.63) is 29.3 Å². The molecule has 23 heavy (non-hydrogen) atoms. The predicted molar refractivity (Wildman–Crippen MR) is 76.8 cm³/mol. The Morgan fingerprint density at radius 3 is 2.22 bits per heavy atom. The zero-order valence-corrected chi connectivity index (χ0v) is 13.5. The van der Waals surface area contributed by atoms with Crippen molar-refractivity contribution in [1.29, 1.82) is 0 Å². The van der Waals surface area contributed by atoms with Crippen LogP contribution in [0.5, 0.6) is 0 Å². The molecular formula is C13H15ClF4N2O2S. The molecule has 0 saturated carbocycles. The molecule has 0 aromatic heterocycles. The van der Waals surface area contributed by atoms with Crippen LogP contribution in [0.3, 0.4) is 0 Å². The third kappa shape index (κ3) is 2.95. The van der Waals surface area contributed by atoms with Crippen molar-refractivity contribution in [3.8, 4) is 0 Å². The molecule has 2 fully saturated rings. The lowest BCUT2D eigenvalue weighted by Crippen LogP contribution is -2.34. The normalized spacial score (nSPS) is 25.0. The highest BCUT2D eigenvalue weighted by Gasteiger charge is 2.46. The molecule has 2 aliphatic rings. The molecule has 1 atom stereocenters. The maximum absolute atomic E-state index is 13.8. The van der Waals surface area contributed by atoms with Crippen molar-refractivity contribution in [2.24, 2.45) is 5.41 Å². The molecule has 2 heterocycles. The molecule has 3 rings (SSSR count). The molecule has 1 spiro atoms. The molecule has 2 aliphatic heterocycles. The Labute approximate surface area is 137 Å². The maximum atomic E-state index is 13.8. The number of benzene rings is 1. The standard InChI is InChI=1S/C13H14F4N2O2S.ClH/c14-8-5-9(15)11(17)12(10(8)16)22(20,21)19-4-2-13(7-19)1-3-18-6-13;/h5,18H,1-4,6-7H2;1H. The van der Waals surface area contributed by atoms with Crippen LogP contribution >= 0.6 is 12.4 Å². The first-order valence-electron chi connectivity index (χ1n) is 6.81. The molecule has 1 aromatic carbocycles. The Balaban J connectivity index is 0.00000192. The summed E-state index contributed by atoms with van der Waals surface area (Å²) in [6.07, 6.45) is 1.29. The molecule has 2 saturated heterocycles. The highest BCUT2D eigenvalue weighted by Crippen LogP contribution is 2.39. The van der Waals surface area contributed by atoms with Gasteiger partial charge in [0.2, 0.25) is 10.0 Å². The zero-order valence-electron chi connectivity index (χ0n) is 11.9. The highest BCUT2D eigenvalue weighted by molar-refractivity contribution is 7.89. The largest absolute Gasteiger partial charge is 0.316 e. The summed E-state index contributed by atoms with van der Waals surface area (Å²) in [4.78, 5) is -1.55. The fourth-order valence-electron chi connectivity index (χ4n) is 3.15. The number of nitrogens with zero attached hydrogens (tertiary/aromatic N) is 1. The molecule has 0 aliphatic carbocycles. The van der Waals surface area contributed by atoms with E-state index in [-0.39, 0.29) is 37.0 Å². The van der Waals surface area contributed by atoms with Crippen LogP contribution in [0.1, 0.15) is 12.8 Å². The summed E-state index contributed by atoms with van der Waals surface area (Å²) in [6.45, 7) is 1.51. The number of sulfonamides is 1. The van der Waals surface area contributed by atoms with Gasteiger partial charge in [-0.3, -0.25) is 0 Å². The molecule has 4 nitrogen and oxygen atoms in total. The molecule has 0 radical (unpaired) electrons. The van der Waals surface area contributed by atoms with Gasteiger partial charge in [0.05, 0.1) is 0 Å².